The average Bonchev–Trinajstić information content (AvgIpc) is 2.43. The molecule has 0 radical (unpaired) electrons. The van der Waals surface area contributed by atoms with Crippen LogP contribution in [-0.2, 0) is 11.2 Å². The molecule has 110 valence electrons. The van der Waals surface area contributed by atoms with Gasteiger partial charge in [0.25, 0.3) is 5.91 Å². The van der Waals surface area contributed by atoms with Crippen molar-refractivity contribution in [1.29, 1.82) is 0 Å². The molecule has 0 aliphatic rings. The largest absolute Gasteiger partial charge is 0.347 e. The number of carbonyl (C=O) groups is 1. The van der Waals surface area contributed by atoms with E-state index in [4.69, 9.17) is 16.4 Å². The van der Waals surface area contributed by atoms with E-state index in [0.717, 1.165) is 23.0 Å². The highest BCUT2D eigenvalue weighted by atomic mass is 35.7. The molecule has 1 rings (SSSR count). The van der Waals surface area contributed by atoms with Crippen LogP contribution in [0.3, 0.4) is 0 Å². The summed E-state index contributed by atoms with van der Waals surface area (Å²) in [4.78, 5) is 12.4. The zero-order valence-electron chi connectivity index (χ0n) is 11.2. The molecular formula is C14H18ClFN2OS. The summed E-state index contributed by atoms with van der Waals surface area (Å²) in [6.07, 6.45) is 2.95. The Morgan fingerprint density at radius 2 is 2.35 bits per heavy atom. The fourth-order valence-corrected chi connectivity index (χ4v) is 2.50. The number of nitrogens with two attached hydrogens (primary N) is 1. The van der Waals surface area contributed by atoms with Crippen LogP contribution in [0.4, 0.5) is 4.39 Å². The molecule has 0 unspecified atom stereocenters. The Hall–Kier alpha value is -1.04. The van der Waals surface area contributed by atoms with Crippen molar-refractivity contribution in [2.45, 2.75) is 25.8 Å². The summed E-state index contributed by atoms with van der Waals surface area (Å²) in [5, 5.41) is 2.81. The van der Waals surface area contributed by atoms with Crippen molar-refractivity contribution in [2.24, 2.45) is 5.73 Å². The standard InChI is InChI=1S/C14H18ClFN2OS/c1-2-4-13(20-15)14(19)18-12(9-17)8-10-5-3-6-11(16)7-10/h3-7,12H,2,8-9,17H2,1H3,(H,18,19)/b13-4-/t12-/m0/s1. The van der Waals surface area contributed by atoms with Gasteiger partial charge in [-0.2, -0.15) is 0 Å². The minimum atomic E-state index is -0.299. The second-order valence-electron chi connectivity index (χ2n) is 4.29. The summed E-state index contributed by atoms with van der Waals surface area (Å²) in [5.74, 6) is -0.550. The predicted octanol–water partition coefficient (Wildman–Crippen LogP) is 2.99. The van der Waals surface area contributed by atoms with Crippen molar-refractivity contribution in [1.82, 2.24) is 5.32 Å². The molecule has 6 heteroatoms. The Morgan fingerprint density at radius 1 is 1.60 bits per heavy atom. The Bertz CT molecular complexity index is 482. The quantitative estimate of drug-likeness (QED) is 0.760. The van der Waals surface area contributed by atoms with Gasteiger partial charge in [0.05, 0.1) is 4.91 Å². The first-order valence-electron chi connectivity index (χ1n) is 6.34. The van der Waals surface area contributed by atoms with Gasteiger partial charge in [-0.1, -0.05) is 25.1 Å². The molecule has 0 heterocycles. The zero-order valence-corrected chi connectivity index (χ0v) is 12.8. The van der Waals surface area contributed by atoms with Gasteiger partial charge in [-0.15, -0.1) is 0 Å². The van der Waals surface area contributed by atoms with Gasteiger partial charge in [0.1, 0.15) is 5.82 Å². The highest BCUT2D eigenvalue weighted by Gasteiger charge is 2.15. The van der Waals surface area contributed by atoms with Crippen molar-refractivity contribution in [3.8, 4) is 0 Å². The molecule has 0 saturated carbocycles. The van der Waals surface area contributed by atoms with Crippen molar-refractivity contribution in [3.05, 3.63) is 46.6 Å². The average molecular weight is 317 g/mol. The lowest BCUT2D eigenvalue weighted by atomic mass is 10.1. The van der Waals surface area contributed by atoms with Gasteiger partial charge in [0.15, 0.2) is 0 Å². The highest BCUT2D eigenvalue weighted by Crippen LogP contribution is 2.21. The molecule has 1 aromatic rings. The summed E-state index contributed by atoms with van der Waals surface area (Å²) in [7, 11) is 6.54. The molecule has 1 atom stereocenters. The molecule has 0 fully saturated rings. The van der Waals surface area contributed by atoms with Gasteiger partial charge < -0.3 is 11.1 Å². The number of benzene rings is 1. The fourth-order valence-electron chi connectivity index (χ4n) is 1.74. The van der Waals surface area contributed by atoms with E-state index in [1.54, 1.807) is 18.2 Å². The molecule has 20 heavy (non-hydrogen) atoms. The number of nitrogens with one attached hydrogen (secondary N) is 1. The molecule has 1 amide bonds. The third-order valence-corrected chi connectivity index (χ3v) is 3.70. The zero-order chi connectivity index (χ0) is 15.0. The van der Waals surface area contributed by atoms with Crippen LogP contribution in [0.2, 0.25) is 0 Å². The lowest BCUT2D eigenvalue weighted by Crippen LogP contribution is -2.42. The first-order valence-corrected chi connectivity index (χ1v) is 7.99. The smallest absolute Gasteiger partial charge is 0.258 e. The fraction of sp³-hybridized carbons (Fsp3) is 0.357. The van der Waals surface area contributed by atoms with Gasteiger partial charge in [-0.3, -0.25) is 4.79 Å². The molecule has 0 bridgehead atoms. The molecule has 1 aromatic carbocycles. The van der Waals surface area contributed by atoms with Crippen LogP contribution < -0.4 is 11.1 Å². The summed E-state index contributed by atoms with van der Waals surface area (Å²) in [5.41, 5.74) is 6.45. The maximum Gasteiger partial charge on any atom is 0.258 e. The molecule has 3 nitrogen and oxygen atoms in total. The lowest BCUT2D eigenvalue weighted by molar-refractivity contribution is -0.117. The maximum atomic E-state index is 13.1. The van der Waals surface area contributed by atoms with Crippen LogP contribution >= 0.6 is 21.7 Å². The number of halogens is 2. The number of allylic oxidation sites excluding steroid dienone is 1. The Balaban J connectivity index is 2.68. The van der Waals surface area contributed by atoms with E-state index in [2.05, 4.69) is 5.32 Å². The minimum absolute atomic E-state index is 0.251. The van der Waals surface area contributed by atoms with Gasteiger partial charge >= 0.3 is 0 Å². The minimum Gasteiger partial charge on any atom is -0.347 e. The first-order chi connectivity index (χ1) is 9.60. The molecule has 0 saturated heterocycles. The summed E-state index contributed by atoms with van der Waals surface area (Å²) in [6.45, 7) is 2.20. The van der Waals surface area contributed by atoms with E-state index < -0.39 is 0 Å². The molecule has 0 aliphatic heterocycles. The Kier molecular flexibility index (Phi) is 7.65. The number of hydrogen-bond acceptors (Lipinski definition) is 3. The first kappa shape index (κ1) is 17.0. The second kappa shape index (κ2) is 9.00. The maximum absolute atomic E-state index is 13.1. The van der Waals surface area contributed by atoms with E-state index >= 15 is 0 Å². The van der Waals surface area contributed by atoms with Crippen molar-refractivity contribution < 1.29 is 9.18 Å². The van der Waals surface area contributed by atoms with E-state index in [1.165, 1.54) is 12.1 Å². The Labute approximate surface area is 127 Å². The normalized spacial score (nSPS) is 13.1. The molecule has 3 N–H and O–H groups in total. The topological polar surface area (TPSA) is 55.1 Å². The van der Waals surface area contributed by atoms with Crippen LogP contribution in [0.15, 0.2) is 35.2 Å². The highest BCUT2D eigenvalue weighted by molar-refractivity contribution is 8.24. The van der Waals surface area contributed by atoms with Gasteiger partial charge in [0.2, 0.25) is 0 Å². The number of amides is 1. The predicted molar refractivity (Wildman–Crippen MR) is 82.9 cm³/mol. The lowest BCUT2D eigenvalue weighted by Gasteiger charge is -2.17. The van der Waals surface area contributed by atoms with Gasteiger partial charge in [-0.05, 0) is 52.2 Å². The number of hydrogen-bond donors (Lipinski definition) is 2. The van der Waals surface area contributed by atoms with Crippen LogP contribution in [0.1, 0.15) is 18.9 Å². The number of rotatable bonds is 7. The summed E-state index contributed by atoms with van der Waals surface area (Å²) >= 11 is 0. The monoisotopic (exact) mass is 316 g/mol. The molecular weight excluding hydrogens is 299 g/mol. The van der Waals surface area contributed by atoms with Gasteiger partial charge in [0, 0.05) is 12.6 Å². The number of carbonyl (C=O) groups excluding carboxylic acids is 1. The molecule has 0 spiro atoms. The van der Waals surface area contributed by atoms with E-state index in [0.29, 0.717) is 11.3 Å². The third kappa shape index (κ3) is 5.53. The third-order valence-electron chi connectivity index (χ3n) is 2.69. The molecule has 0 aromatic heterocycles. The van der Waals surface area contributed by atoms with Crippen molar-refractivity contribution in [2.75, 3.05) is 6.54 Å². The van der Waals surface area contributed by atoms with E-state index in [1.807, 2.05) is 6.92 Å². The second-order valence-corrected chi connectivity index (χ2v) is 5.35. The molecule has 0 aliphatic carbocycles. The van der Waals surface area contributed by atoms with Crippen molar-refractivity contribution in [3.63, 3.8) is 0 Å². The summed E-state index contributed by atoms with van der Waals surface area (Å²) in [6, 6.07) is 6.00. The van der Waals surface area contributed by atoms with Crippen LogP contribution in [0, 0.1) is 5.82 Å². The Morgan fingerprint density at radius 3 is 2.90 bits per heavy atom. The summed E-state index contributed by atoms with van der Waals surface area (Å²) < 4.78 is 13.1. The van der Waals surface area contributed by atoms with Crippen LogP contribution in [-0.4, -0.2) is 18.5 Å². The van der Waals surface area contributed by atoms with Crippen molar-refractivity contribution >= 4 is 27.6 Å². The van der Waals surface area contributed by atoms with Crippen LogP contribution in [0.25, 0.3) is 0 Å². The van der Waals surface area contributed by atoms with Gasteiger partial charge in [-0.25, -0.2) is 4.39 Å². The van der Waals surface area contributed by atoms with E-state index in [9.17, 15) is 9.18 Å². The SMILES string of the molecule is CC/C=C(\SCl)C(=O)N[C@H](CN)Cc1cccc(F)c1. The van der Waals surface area contributed by atoms with Crippen LogP contribution in [0.5, 0.6) is 0 Å². The van der Waals surface area contributed by atoms with E-state index in [-0.39, 0.29) is 24.3 Å².